The standard InChI is InChI=1S/C61H87NO16/c1-7-8-9-10-11-12-13-14-15-16-17-18-19-20-27-32-49-72-37-44(76-49)38-73-58(70)78-53(51(42-28-23-21-24-29-42)62-56(68)43-30-25-22-26-31-43)57(69)77-46(33-34-63)40(2)50-52(75-41(3)64)55(67)60(6)47(66)35-48-61(71,39-74-48)54(60)45(65)36-59(50,4)5/h14-15,21-26,28-31,44-49,51-54,63,65-66,71H,7-13,16-20,27,32-39H2,1-6H3,(H,62,68)/b15-14-,50-40-/t44-,45-,46+,47+,48-,49-,51+,52-,53-,54+,60-,61+/m1/s1. The average Bonchev–Trinajstić information content (AvgIpc) is 3.98. The van der Waals surface area contributed by atoms with Gasteiger partial charge in [-0.25, -0.2) is 9.59 Å². The number of ketones is 1. The third-order valence-corrected chi connectivity index (χ3v) is 16.2. The van der Waals surface area contributed by atoms with Crippen molar-refractivity contribution in [2.75, 3.05) is 26.4 Å². The lowest BCUT2D eigenvalue weighted by Crippen LogP contribution is -2.77. The van der Waals surface area contributed by atoms with Crippen LogP contribution >= 0.6 is 0 Å². The van der Waals surface area contributed by atoms with Crippen molar-refractivity contribution in [2.24, 2.45) is 16.7 Å². The third kappa shape index (κ3) is 15.9. The Kier molecular flexibility index (Phi) is 23.5. The molecule has 78 heavy (non-hydrogen) atoms. The summed E-state index contributed by atoms with van der Waals surface area (Å²) in [6.07, 6.45) is 9.12. The van der Waals surface area contributed by atoms with Crippen LogP contribution in [0.5, 0.6) is 0 Å². The van der Waals surface area contributed by atoms with Gasteiger partial charge in [-0.1, -0.05) is 133 Å². The fraction of sp³-hybridized carbons (Fsp3) is 0.656. The van der Waals surface area contributed by atoms with E-state index in [0.29, 0.717) is 12.0 Å². The van der Waals surface area contributed by atoms with E-state index >= 15 is 4.79 Å². The number of allylic oxidation sites excluding steroid dienone is 2. The molecule has 4 fully saturated rings. The fourth-order valence-corrected chi connectivity index (χ4v) is 12.0. The number of ether oxygens (including phenoxy) is 7. The van der Waals surface area contributed by atoms with Gasteiger partial charge in [0.1, 0.15) is 30.5 Å². The zero-order valence-corrected chi connectivity index (χ0v) is 46.7. The SMILES string of the molecule is CCCCCCCC/C=C\CCCCCCC[C@@H]1OC[C@H](COC(=O)O[C@@H](C(=O)O[C@@H](CCO)/C(C)=C2/[C@@H](OC(C)=O)C(=O)[C@@]3(C)[C@H]([C@H](O)CC2(C)C)[C@]2(O)CO[C@@H]2C[C@@H]3O)[C@@H](NC(=O)c2ccccc2)c2ccccc2)O1. The molecule has 0 bridgehead atoms. The molecule has 2 saturated heterocycles. The van der Waals surface area contributed by atoms with Gasteiger partial charge in [0.2, 0.25) is 6.10 Å². The van der Waals surface area contributed by atoms with E-state index in [1.807, 2.05) is 0 Å². The number of hydrogen-bond donors (Lipinski definition) is 5. The monoisotopic (exact) mass is 1090 g/mol. The van der Waals surface area contributed by atoms with Crippen LogP contribution in [0.4, 0.5) is 4.79 Å². The summed E-state index contributed by atoms with van der Waals surface area (Å²) < 4.78 is 41.1. The number of nitrogens with one attached hydrogen (secondary N) is 1. The molecule has 0 spiro atoms. The molecule has 2 aliphatic carbocycles. The number of benzene rings is 2. The van der Waals surface area contributed by atoms with Gasteiger partial charge in [0.05, 0.1) is 36.9 Å². The topological polar surface area (TPSA) is 243 Å². The molecule has 12 atom stereocenters. The van der Waals surface area contributed by atoms with E-state index < -0.39 is 114 Å². The summed E-state index contributed by atoms with van der Waals surface area (Å²) in [6.45, 7) is 8.86. The Morgan fingerprint density at radius 3 is 2.08 bits per heavy atom. The van der Waals surface area contributed by atoms with Gasteiger partial charge >= 0.3 is 18.1 Å². The number of fused-ring (bicyclic) bond motifs is 3. The van der Waals surface area contributed by atoms with Gasteiger partial charge in [0, 0.05) is 37.9 Å². The summed E-state index contributed by atoms with van der Waals surface area (Å²) in [5.41, 5.74) is -3.90. The van der Waals surface area contributed by atoms with E-state index in [9.17, 15) is 39.6 Å². The molecule has 2 aromatic rings. The predicted molar refractivity (Wildman–Crippen MR) is 290 cm³/mol. The number of aliphatic hydroxyl groups excluding tert-OH is 3. The lowest BCUT2D eigenvalue weighted by Gasteiger charge is -2.63. The first kappa shape index (κ1) is 62.2. The van der Waals surface area contributed by atoms with Crippen molar-refractivity contribution < 1.29 is 77.6 Å². The zero-order chi connectivity index (χ0) is 56.5. The first-order chi connectivity index (χ1) is 37.3. The molecule has 0 unspecified atom stereocenters. The molecule has 0 aromatic heterocycles. The van der Waals surface area contributed by atoms with Gasteiger partial charge in [-0.3, -0.25) is 14.4 Å². The number of aliphatic hydroxyl groups is 4. The third-order valence-electron chi connectivity index (χ3n) is 16.2. The van der Waals surface area contributed by atoms with Crippen LogP contribution in [-0.2, 0) is 47.5 Å². The van der Waals surface area contributed by atoms with E-state index in [2.05, 4.69) is 24.4 Å². The van der Waals surface area contributed by atoms with Gasteiger partial charge in [0.15, 0.2) is 18.2 Å². The van der Waals surface area contributed by atoms with E-state index in [-0.39, 0.29) is 55.8 Å². The number of rotatable bonds is 28. The highest BCUT2D eigenvalue weighted by Gasteiger charge is 2.71. The predicted octanol–water partition coefficient (Wildman–Crippen LogP) is 8.88. The van der Waals surface area contributed by atoms with E-state index in [1.54, 1.807) is 74.5 Å². The Hall–Kier alpha value is -5.01. The van der Waals surface area contributed by atoms with Crippen molar-refractivity contribution in [1.29, 1.82) is 0 Å². The molecule has 17 heteroatoms. The van der Waals surface area contributed by atoms with Crippen LogP contribution in [0.25, 0.3) is 0 Å². The molecular weight excluding hydrogens is 1000 g/mol. The van der Waals surface area contributed by atoms with Crippen molar-refractivity contribution in [1.82, 2.24) is 5.32 Å². The summed E-state index contributed by atoms with van der Waals surface area (Å²) in [4.78, 5) is 70.9. The van der Waals surface area contributed by atoms with Crippen LogP contribution in [0.3, 0.4) is 0 Å². The minimum atomic E-state index is -1.94. The summed E-state index contributed by atoms with van der Waals surface area (Å²) in [6, 6.07) is 15.2. The highest BCUT2D eigenvalue weighted by atomic mass is 16.8. The molecule has 5 N–H and O–H groups in total. The van der Waals surface area contributed by atoms with Crippen LogP contribution in [0.1, 0.15) is 173 Å². The minimum absolute atomic E-state index is 0.125. The van der Waals surface area contributed by atoms with Crippen LogP contribution in [0.15, 0.2) is 84.0 Å². The number of esters is 2. The van der Waals surface area contributed by atoms with Gasteiger partial charge in [-0.2, -0.15) is 0 Å². The number of hydrogen-bond acceptors (Lipinski definition) is 16. The van der Waals surface area contributed by atoms with E-state index in [4.69, 9.17) is 33.2 Å². The molecular formula is C61H87NO16. The largest absolute Gasteiger partial charge is 0.509 e. The highest BCUT2D eigenvalue weighted by molar-refractivity contribution is 5.96. The Morgan fingerprint density at radius 1 is 0.833 bits per heavy atom. The van der Waals surface area contributed by atoms with E-state index in [0.717, 1.165) is 51.9 Å². The second-order valence-electron chi connectivity index (χ2n) is 22.6. The maximum absolute atomic E-state index is 15.2. The van der Waals surface area contributed by atoms with Crippen LogP contribution in [0, 0.1) is 16.7 Å². The van der Waals surface area contributed by atoms with Gasteiger partial charge in [-0.05, 0) is 93.1 Å². The quantitative estimate of drug-likeness (QED) is 0.0231. The molecule has 432 valence electrons. The Labute approximate surface area is 460 Å². The number of carbonyl (C=O) groups excluding carboxylic acids is 5. The average molecular weight is 1090 g/mol. The lowest BCUT2D eigenvalue weighted by molar-refractivity contribution is -0.328. The highest BCUT2D eigenvalue weighted by Crippen LogP contribution is 2.58. The van der Waals surface area contributed by atoms with Crippen LogP contribution in [-0.4, -0.2) is 131 Å². The minimum Gasteiger partial charge on any atom is -0.455 e. The molecule has 2 aliphatic heterocycles. The van der Waals surface area contributed by atoms with Gasteiger partial charge in [0.25, 0.3) is 5.91 Å². The Bertz CT molecular complexity index is 2320. The molecule has 2 heterocycles. The molecule has 2 saturated carbocycles. The van der Waals surface area contributed by atoms with Crippen molar-refractivity contribution in [3.63, 3.8) is 0 Å². The number of unbranched alkanes of at least 4 members (excludes halogenated alkanes) is 11. The number of Topliss-reactive ketones (excluding diaryl/α,β-unsaturated/α-hetero) is 1. The van der Waals surface area contributed by atoms with Crippen molar-refractivity contribution >= 4 is 29.8 Å². The Balaban J connectivity index is 1.17. The maximum atomic E-state index is 15.2. The smallest absolute Gasteiger partial charge is 0.455 e. The van der Waals surface area contributed by atoms with Crippen molar-refractivity contribution in [2.45, 2.75) is 211 Å². The van der Waals surface area contributed by atoms with Crippen molar-refractivity contribution in [3.05, 3.63) is 95.1 Å². The summed E-state index contributed by atoms with van der Waals surface area (Å²) in [5.74, 6) is -4.67. The summed E-state index contributed by atoms with van der Waals surface area (Å²) >= 11 is 0. The summed E-state index contributed by atoms with van der Waals surface area (Å²) in [7, 11) is 0. The first-order valence-corrected chi connectivity index (χ1v) is 28.5. The number of amides is 1. The molecule has 6 rings (SSSR count). The lowest BCUT2D eigenvalue weighted by atomic mass is 9.49. The molecule has 4 aliphatic rings. The van der Waals surface area contributed by atoms with E-state index in [1.165, 1.54) is 52.4 Å². The van der Waals surface area contributed by atoms with Crippen LogP contribution in [0.2, 0.25) is 0 Å². The zero-order valence-electron chi connectivity index (χ0n) is 46.7. The fourth-order valence-electron chi connectivity index (χ4n) is 12.0. The second kappa shape index (κ2) is 29.5. The van der Waals surface area contributed by atoms with Gasteiger partial charge < -0.3 is 58.9 Å². The van der Waals surface area contributed by atoms with Gasteiger partial charge in [-0.15, -0.1) is 0 Å². The Morgan fingerprint density at radius 2 is 1.46 bits per heavy atom. The molecule has 2 aromatic carbocycles. The number of carbonyl (C=O) groups is 5. The normalized spacial score (nSPS) is 28.4. The summed E-state index contributed by atoms with van der Waals surface area (Å²) in [5, 5.41) is 49.0. The first-order valence-electron chi connectivity index (χ1n) is 28.5. The van der Waals surface area contributed by atoms with Crippen LogP contribution < -0.4 is 5.32 Å². The second-order valence-corrected chi connectivity index (χ2v) is 22.6. The molecule has 17 nitrogen and oxygen atoms in total. The molecule has 0 radical (unpaired) electrons. The van der Waals surface area contributed by atoms with Crippen molar-refractivity contribution in [3.8, 4) is 0 Å². The molecule has 1 amide bonds. The maximum Gasteiger partial charge on any atom is 0.509 e.